The van der Waals surface area contributed by atoms with Crippen LogP contribution >= 0.6 is 0 Å². The zero-order valence-electron chi connectivity index (χ0n) is 30.6. The summed E-state index contributed by atoms with van der Waals surface area (Å²) in [7, 11) is 0. The molecule has 0 heterocycles. The van der Waals surface area contributed by atoms with Crippen molar-refractivity contribution in [2.75, 3.05) is 0 Å². The average Bonchev–Trinajstić information content (AvgIpc) is 3.60. The maximum atomic E-state index is 2.42. The Morgan fingerprint density at radius 3 is 1.20 bits per heavy atom. The molecule has 0 spiro atoms. The largest absolute Gasteiger partial charge is 0.0622 e. The van der Waals surface area contributed by atoms with Crippen LogP contribution in [0, 0.1) is 0 Å². The van der Waals surface area contributed by atoms with Gasteiger partial charge >= 0.3 is 0 Å². The number of fused-ring (bicyclic) bond motifs is 7. The van der Waals surface area contributed by atoms with Gasteiger partial charge in [-0.25, -0.2) is 0 Å². The summed E-state index contributed by atoms with van der Waals surface area (Å²) in [6.07, 6.45) is 0. The SMILES string of the molecule is c1ccc(-c2c3c(c(-c4ccccc4)c4ccccc24)-c2ccc(-c4c5ccccc5c(-c5ccc6ccccc6c5)c5ccccc45)c4cccc-3c24)cc1. The molecule has 56 heavy (non-hydrogen) atoms. The van der Waals surface area contributed by atoms with E-state index >= 15 is 0 Å². The van der Waals surface area contributed by atoms with Gasteiger partial charge in [0.05, 0.1) is 0 Å². The van der Waals surface area contributed by atoms with Crippen molar-refractivity contribution in [1.29, 1.82) is 0 Å². The van der Waals surface area contributed by atoms with E-state index in [1.807, 2.05) is 0 Å². The van der Waals surface area contributed by atoms with Gasteiger partial charge in [0.25, 0.3) is 0 Å². The van der Waals surface area contributed by atoms with E-state index in [0.717, 1.165) is 0 Å². The lowest BCUT2D eigenvalue weighted by Gasteiger charge is -2.20. The van der Waals surface area contributed by atoms with E-state index < -0.39 is 0 Å². The van der Waals surface area contributed by atoms with Crippen LogP contribution < -0.4 is 0 Å². The summed E-state index contributed by atoms with van der Waals surface area (Å²) in [6, 6.07) is 76.5. The molecule has 0 amide bonds. The third kappa shape index (κ3) is 4.42. The van der Waals surface area contributed by atoms with Crippen LogP contribution in [0.1, 0.15) is 0 Å². The normalized spacial score (nSPS) is 11.9. The van der Waals surface area contributed by atoms with Gasteiger partial charge in [-0.2, -0.15) is 0 Å². The standard InChI is InChI=1S/C56H34/c1-3-17-36(18-4-1)51-42-24-11-12-25-43(42)52(37-19-5-2-6-20-37)56-49-33-32-47(46-28-15-29-48(54(46)49)55(51)56)53-44-26-13-9-22-40(44)50(41-23-10-14-27-45(41)53)39-31-30-35-16-7-8-21-38(35)34-39/h1-34H. The summed E-state index contributed by atoms with van der Waals surface area (Å²) in [5.41, 5.74) is 15.4. The minimum absolute atomic E-state index is 1.24. The molecule has 0 fully saturated rings. The fourth-order valence-electron chi connectivity index (χ4n) is 9.90. The second-order valence-electron chi connectivity index (χ2n) is 15.1. The molecule has 0 bridgehead atoms. The van der Waals surface area contributed by atoms with Gasteiger partial charge < -0.3 is 0 Å². The summed E-state index contributed by atoms with van der Waals surface area (Å²) < 4.78 is 0. The van der Waals surface area contributed by atoms with Crippen LogP contribution in [0.2, 0.25) is 0 Å². The monoisotopic (exact) mass is 706 g/mol. The second-order valence-corrected chi connectivity index (χ2v) is 15.1. The fourth-order valence-corrected chi connectivity index (χ4v) is 9.90. The lowest BCUT2D eigenvalue weighted by atomic mass is 9.82. The Balaban J connectivity index is 1.20. The Labute approximate surface area is 325 Å². The van der Waals surface area contributed by atoms with Crippen LogP contribution in [0.4, 0.5) is 0 Å². The van der Waals surface area contributed by atoms with Crippen LogP contribution in [-0.4, -0.2) is 0 Å². The minimum atomic E-state index is 1.24. The molecule has 12 rings (SSSR count). The van der Waals surface area contributed by atoms with Crippen LogP contribution in [0.25, 0.3) is 121 Å². The molecule has 0 nitrogen and oxygen atoms in total. The molecule has 0 radical (unpaired) electrons. The Bertz CT molecular complexity index is 3240. The lowest BCUT2D eigenvalue weighted by molar-refractivity contribution is 1.62. The highest BCUT2D eigenvalue weighted by Gasteiger charge is 2.31. The van der Waals surface area contributed by atoms with Crippen molar-refractivity contribution in [1.82, 2.24) is 0 Å². The molecule has 258 valence electrons. The predicted molar refractivity (Wildman–Crippen MR) is 240 cm³/mol. The fraction of sp³-hybridized carbons (Fsp3) is 0. The molecule has 0 saturated carbocycles. The van der Waals surface area contributed by atoms with Gasteiger partial charge in [-0.05, 0) is 127 Å². The first-order valence-electron chi connectivity index (χ1n) is 19.5. The van der Waals surface area contributed by atoms with E-state index in [1.54, 1.807) is 0 Å². The third-order valence-corrected chi connectivity index (χ3v) is 12.2. The summed E-state index contributed by atoms with van der Waals surface area (Å²) in [6.45, 7) is 0. The van der Waals surface area contributed by atoms with Gasteiger partial charge in [0.1, 0.15) is 0 Å². The number of hydrogen-bond acceptors (Lipinski definition) is 0. The summed E-state index contributed by atoms with van der Waals surface area (Å²) in [4.78, 5) is 0. The van der Waals surface area contributed by atoms with Gasteiger partial charge in [-0.3, -0.25) is 0 Å². The van der Waals surface area contributed by atoms with Gasteiger partial charge in [-0.15, -0.1) is 0 Å². The molecule has 0 heteroatoms. The minimum Gasteiger partial charge on any atom is -0.0622 e. The maximum Gasteiger partial charge on any atom is -0.000741 e. The van der Waals surface area contributed by atoms with Crippen LogP contribution in [-0.2, 0) is 0 Å². The van der Waals surface area contributed by atoms with Crippen LogP contribution in [0.15, 0.2) is 206 Å². The number of benzene rings is 11. The molecule has 1 aliphatic carbocycles. The predicted octanol–water partition coefficient (Wildman–Crippen LogP) is 15.8. The quantitative estimate of drug-likeness (QED) is 0.160. The van der Waals surface area contributed by atoms with Crippen molar-refractivity contribution < 1.29 is 0 Å². The van der Waals surface area contributed by atoms with Crippen molar-refractivity contribution >= 4 is 53.9 Å². The van der Waals surface area contributed by atoms with Gasteiger partial charge in [0, 0.05) is 0 Å². The molecule has 1 aliphatic rings. The second kappa shape index (κ2) is 12.1. The zero-order chi connectivity index (χ0) is 36.7. The van der Waals surface area contributed by atoms with E-state index in [4.69, 9.17) is 0 Å². The van der Waals surface area contributed by atoms with Crippen molar-refractivity contribution in [3.8, 4) is 66.8 Å². The first kappa shape index (κ1) is 31.1. The van der Waals surface area contributed by atoms with Crippen molar-refractivity contribution in [3.05, 3.63) is 206 Å². The maximum absolute atomic E-state index is 2.42. The van der Waals surface area contributed by atoms with Crippen molar-refractivity contribution in [2.45, 2.75) is 0 Å². The van der Waals surface area contributed by atoms with E-state index in [-0.39, 0.29) is 0 Å². The molecule has 0 unspecified atom stereocenters. The van der Waals surface area contributed by atoms with Crippen molar-refractivity contribution in [3.63, 3.8) is 0 Å². The third-order valence-electron chi connectivity index (χ3n) is 12.2. The smallest absolute Gasteiger partial charge is 0.000741 e. The topological polar surface area (TPSA) is 0 Å². The first-order chi connectivity index (χ1) is 27.8. The van der Waals surface area contributed by atoms with Crippen molar-refractivity contribution in [2.24, 2.45) is 0 Å². The highest BCUT2D eigenvalue weighted by molar-refractivity contribution is 6.31. The lowest BCUT2D eigenvalue weighted by Crippen LogP contribution is -1.93. The molecule has 0 N–H and O–H groups in total. The Hall–Kier alpha value is -7.28. The van der Waals surface area contributed by atoms with E-state index in [0.29, 0.717) is 0 Å². The summed E-state index contributed by atoms with van der Waals surface area (Å²) in [5, 5.41) is 12.8. The van der Waals surface area contributed by atoms with E-state index in [2.05, 4.69) is 206 Å². The van der Waals surface area contributed by atoms with Crippen LogP contribution in [0.3, 0.4) is 0 Å². The van der Waals surface area contributed by atoms with E-state index in [1.165, 1.54) is 121 Å². The first-order valence-corrected chi connectivity index (χ1v) is 19.5. The van der Waals surface area contributed by atoms with Gasteiger partial charge in [0.2, 0.25) is 0 Å². The Kier molecular flexibility index (Phi) is 6.73. The Morgan fingerprint density at radius 1 is 0.196 bits per heavy atom. The highest BCUT2D eigenvalue weighted by Crippen LogP contribution is 2.59. The molecular formula is C56H34. The molecule has 0 aliphatic heterocycles. The molecule has 0 saturated heterocycles. The van der Waals surface area contributed by atoms with Crippen LogP contribution in [0.5, 0.6) is 0 Å². The molecular weight excluding hydrogens is 673 g/mol. The zero-order valence-corrected chi connectivity index (χ0v) is 30.6. The molecule has 0 atom stereocenters. The van der Waals surface area contributed by atoms with Gasteiger partial charge in [-0.1, -0.05) is 200 Å². The summed E-state index contributed by atoms with van der Waals surface area (Å²) in [5.74, 6) is 0. The number of rotatable bonds is 4. The highest BCUT2D eigenvalue weighted by atomic mass is 14.3. The van der Waals surface area contributed by atoms with E-state index in [9.17, 15) is 0 Å². The summed E-state index contributed by atoms with van der Waals surface area (Å²) >= 11 is 0. The Morgan fingerprint density at radius 2 is 0.625 bits per heavy atom. The molecule has 11 aromatic carbocycles. The average molecular weight is 707 g/mol. The number of hydrogen-bond donors (Lipinski definition) is 0. The van der Waals surface area contributed by atoms with Gasteiger partial charge in [0.15, 0.2) is 0 Å². The molecule has 0 aromatic heterocycles. The molecule has 11 aromatic rings.